The third-order valence-electron chi connectivity index (χ3n) is 5.10. The second-order valence-electron chi connectivity index (χ2n) is 9.94. The average molecular weight is 884 g/mol. The molecule has 0 fully saturated rings. The van der Waals surface area contributed by atoms with Crippen LogP contribution in [0.3, 0.4) is 0 Å². The van der Waals surface area contributed by atoms with Crippen LogP contribution in [-0.2, 0) is 30.0 Å². The maximum atomic E-state index is 10.5. The van der Waals surface area contributed by atoms with Crippen LogP contribution in [0, 0.1) is 48.6 Å². The molecule has 0 radical (unpaired) electrons. The summed E-state index contributed by atoms with van der Waals surface area (Å²) in [7, 11) is -0.856. The largest absolute Gasteiger partial charge is 2.00 e. The van der Waals surface area contributed by atoms with Crippen LogP contribution >= 0.6 is 15.8 Å². The summed E-state index contributed by atoms with van der Waals surface area (Å²) in [6, 6.07) is 45.4. The Morgan fingerprint density at radius 1 is 0.667 bits per heavy atom. The number of aliphatic carboxylic acids is 2. The summed E-state index contributed by atoms with van der Waals surface area (Å²) in [5.41, 5.74) is 0. The number of nitrogens with zero attached hydrogens (tertiary/aromatic N) is 2. The van der Waals surface area contributed by atoms with E-state index in [4.69, 9.17) is 30.3 Å². The topological polar surface area (TPSA) is 163 Å². The van der Waals surface area contributed by atoms with Gasteiger partial charge in [0.25, 0.3) is 0 Å². The number of hydrogen-bond donors (Lipinski definition) is 1. The molecule has 16 heteroatoms. The molecule has 0 unspecified atom stereocenters. The van der Waals surface area contributed by atoms with Gasteiger partial charge >= 0.3 is 32.8 Å². The van der Waals surface area contributed by atoms with Crippen molar-refractivity contribution < 1.29 is 66.6 Å². The van der Waals surface area contributed by atoms with Crippen molar-refractivity contribution in [2.45, 2.75) is 33.1 Å². The Kier molecular flexibility index (Phi) is 33.5. The minimum absolute atomic E-state index is 0. The fourth-order valence-electron chi connectivity index (χ4n) is 3.07. The predicted molar refractivity (Wildman–Crippen MR) is 197 cm³/mol. The molecule has 0 aliphatic rings. The number of carboxylic acid groups (broad SMARTS) is 2. The van der Waals surface area contributed by atoms with E-state index in [1.165, 1.54) is 33.2 Å². The van der Waals surface area contributed by atoms with E-state index < -0.39 is 40.1 Å². The van der Waals surface area contributed by atoms with Gasteiger partial charge in [0.2, 0.25) is 0 Å². The number of halogens is 6. The first kappa shape index (κ1) is 56.3. The van der Waals surface area contributed by atoms with Crippen molar-refractivity contribution in [3.05, 3.63) is 147 Å². The number of hydrogen-bond acceptors (Lipinski definition) is 7. The van der Waals surface area contributed by atoms with E-state index in [-0.39, 0.29) is 26.6 Å². The Morgan fingerprint density at radius 2 is 0.870 bits per heavy atom. The van der Waals surface area contributed by atoms with E-state index >= 15 is 0 Å². The first-order chi connectivity index (χ1) is 24.3. The quantitative estimate of drug-likeness (QED) is 0.100. The molecular weight excluding hydrogens is 845 g/mol. The molecule has 0 bridgehead atoms. The first-order valence-corrected chi connectivity index (χ1v) is 17.7. The van der Waals surface area contributed by atoms with Gasteiger partial charge in [-0.25, -0.2) is 18.4 Å². The van der Waals surface area contributed by atoms with Crippen LogP contribution in [0.2, 0.25) is 0 Å². The number of alkyl halides is 6. The van der Waals surface area contributed by atoms with Gasteiger partial charge in [-0.05, 0) is 10.6 Å². The van der Waals surface area contributed by atoms with Crippen LogP contribution in [0.1, 0.15) is 20.8 Å². The zero-order valence-electron chi connectivity index (χ0n) is 29.5. The molecule has 4 aromatic carbocycles. The summed E-state index contributed by atoms with van der Waals surface area (Å²) in [6.07, 6.45) is -7.87. The normalized spacial score (nSPS) is 9.54. The Hall–Kier alpha value is -4.40. The van der Waals surface area contributed by atoms with Gasteiger partial charge in [0.1, 0.15) is 11.9 Å². The predicted octanol–water partition coefficient (Wildman–Crippen LogP) is 6.48. The smallest absolute Gasteiger partial charge is 0.542 e. The third-order valence-corrected chi connectivity index (χ3v) is 9.33. The number of nitriles is 2. The zero-order valence-corrected chi connectivity index (χ0v) is 32.8. The Morgan fingerprint density at radius 3 is 1.06 bits per heavy atom. The Balaban J connectivity index is -0.000000304. The first-order valence-electron chi connectivity index (χ1n) is 14.6. The molecule has 0 saturated heterocycles. The van der Waals surface area contributed by atoms with Crippen LogP contribution in [0.5, 0.6) is 0 Å². The van der Waals surface area contributed by atoms with Crippen LogP contribution < -0.4 is 37.6 Å². The molecule has 7 nitrogen and oxygen atoms in total. The van der Waals surface area contributed by atoms with Gasteiger partial charge in [-0.15, -0.1) is 18.3 Å². The molecular formula is C38H39F6N3O4P2Pd-4. The molecule has 0 aromatic heterocycles. The second kappa shape index (κ2) is 32.1. The number of carbonyl (C=O) groups is 2. The molecule has 54 heavy (non-hydrogen) atoms. The van der Waals surface area contributed by atoms with Crippen molar-refractivity contribution in [1.82, 2.24) is 6.15 Å². The summed E-state index contributed by atoms with van der Waals surface area (Å²) in [4.78, 5) is 17.6. The van der Waals surface area contributed by atoms with E-state index in [0.29, 0.717) is 0 Å². The standard InChI is InChI=1S/C15H13NP.C13H12P.C4H9.2C2HF3O2.C2H2N.H3N.Pd/c16-12-7-13-17(14-8-3-1-4-9-14)15-10-5-2-6-11-15;1-14(12-8-4-2-5-9-12)13-10-6-3-7-11-13;1-4(2)3;2*3-2(4,5)1(6)7;1-2-3;;/h1-11H,13H2;2-11H,1H2;1-3H3;2*(H,6,7);1H2;1H3;/q3*-1;;;-1;;+2/p-2. The fraction of sp³-hybridized carbons (Fsp3) is 0.158. The molecule has 0 spiro atoms. The number of carbonyl (C=O) groups excluding carboxylic acids is 2. The fourth-order valence-corrected chi connectivity index (χ4v) is 6.48. The minimum atomic E-state index is -5.19. The van der Waals surface area contributed by atoms with Gasteiger partial charge < -0.3 is 45.5 Å². The minimum Gasteiger partial charge on any atom is -0.542 e. The van der Waals surface area contributed by atoms with Gasteiger partial charge in [0.05, 0.1) is 0 Å². The van der Waals surface area contributed by atoms with Gasteiger partial charge in [-0.3, -0.25) is 6.42 Å². The zero-order chi connectivity index (χ0) is 40.2. The molecule has 4 rings (SSSR count). The SMILES string of the molecule is C[C-](C)C.N.N#C[CH-]CP(c1ccccc1)c1ccccc1.O=C([O-])C(F)(F)F.O=C([O-])C(F)(F)F.[CH2-]C#N.[CH2-]P(c1ccccc1)c1ccccc1.[Pd+2]. The number of carboxylic acids is 2. The molecule has 0 saturated carbocycles. The average Bonchev–Trinajstić information content (AvgIpc) is 3.10. The van der Waals surface area contributed by atoms with Crippen LogP contribution in [0.15, 0.2) is 121 Å². The monoisotopic (exact) mass is 883 g/mol. The van der Waals surface area contributed by atoms with Crippen molar-refractivity contribution in [1.29, 1.82) is 10.5 Å². The van der Waals surface area contributed by atoms with Crippen LogP contribution in [-0.4, -0.2) is 30.5 Å². The van der Waals surface area contributed by atoms with Crippen molar-refractivity contribution in [2.75, 3.05) is 6.16 Å². The number of rotatable bonds is 6. The molecule has 3 N–H and O–H groups in total. The van der Waals surface area contributed by atoms with Gasteiger partial charge in [-0.1, -0.05) is 140 Å². The number of benzene rings is 4. The van der Waals surface area contributed by atoms with Crippen molar-refractivity contribution in [3.8, 4) is 12.1 Å². The van der Waals surface area contributed by atoms with E-state index in [1.807, 2.05) is 24.3 Å². The van der Waals surface area contributed by atoms with Crippen molar-refractivity contribution in [2.24, 2.45) is 0 Å². The van der Waals surface area contributed by atoms with Crippen LogP contribution in [0.25, 0.3) is 0 Å². The molecule has 0 heterocycles. The van der Waals surface area contributed by atoms with Gasteiger partial charge in [0, 0.05) is 0 Å². The Bertz CT molecular complexity index is 1500. The molecule has 0 aliphatic heterocycles. The summed E-state index contributed by atoms with van der Waals surface area (Å²) < 4.78 is 63.1. The molecule has 0 amide bonds. The van der Waals surface area contributed by atoms with Gasteiger partial charge in [-0.2, -0.15) is 47.1 Å². The summed E-state index contributed by atoms with van der Waals surface area (Å²) >= 11 is 0. The van der Waals surface area contributed by atoms with E-state index in [0.717, 1.165) is 6.16 Å². The van der Waals surface area contributed by atoms with Crippen molar-refractivity contribution in [3.63, 3.8) is 0 Å². The molecule has 296 valence electrons. The van der Waals surface area contributed by atoms with Crippen LogP contribution in [0.4, 0.5) is 26.3 Å². The summed E-state index contributed by atoms with van der Waals surface area (Å²) in [6.45, 7) is 13.3. The summed E-state index contributed by atoms with van der Waals surface area (Å²) in [5, 5.41) is 38.8. The summed E-state index contributed by atoms with van der Waals surface area (Å²) in [5.74, 6) is -4.60. The van der Waals surface area contributed by atoms with Gasteiger partial charge in [0.15, 0.2) is 0 Å². The molecule has 0 aliphatic carbocycles. The Labute approximate surface area is 329 Å². The maximum absolute atomic E-state index is 10.5. The third kappa shape index (κ3) is 29.1. The van der Waals surface area contributed by atoms with E-state index in [9.17, 15) is 26.3 Å². The maximum Gasteiger partial charge on any atom is 2.00 e. The molecule has 0 atom stereocenters. The second-order valence-corrected chi connectivity index (χ2v) is 14.1. The van der Waals surface area contributed by atoms with E-state index in [2.05, 4.69) is 137 Å². The molecule has 4 aromatic rings. The van der Waals surface area contributed by atoms with E-state index in [1.54, 1.807) is 6.42 Å². The van der Waals surface area contributed by atoms with Crippen molar-refractivity contribution >= 4 is 49.0 Å².